The minimum atomic E-state index is -4.41. The molecule has 0 saturated heterocycles. The Balaban J connectivity index is 3.32. The molecule has 3 N–H and O–H groups in total. The van der Waals surface area contributed by atoms with Crippen molar-refractivity contribution in [3.8, 4) is 0 Å². The third-order valence-corrected chi connectivity index (χ3v) is 2.71. The second-order valence-corrected chi connectivity index (χ2v) is 5.08. The Kier molecular flexibility index (Phi) is 9.36. The van der Waals surface area contributed by atoms with Gasteiger partial charge in [-0.3, -0.25) is 9.32 Å². The van der Waals surface area contributed by atoms with E-state index in [9.17, 15) is 9.36 Å². The van der Waals surface area contributed by atoms with E-state index < -0.39 is 7.82 Å². The molecule has 0 saturated carbocycles. The maximum atomic E-state index is 11.2. The SMILES string of the molecule is CCCCCCCC(=O)NCCOP(=O)(O)O. The maximum absolute atomic E-state index is 11.2. The Hall–Kier alpha value is -0.420. The molecule has 0 bridgehead atoms. The first-order valence-electron chi connectivity index (χ1n) is 5.92. The van der Waals surface area contributed by atoms with Gasteiger partial charge in [-0.2, -0.15) is 0 Å². The number of phosphoric ester groups is 1. The lowest BCUT2D eigenvalue weighted by atomic mass is 10.1. The van der Waals surface area contributed by atoms with E-state index in [2.05, 4.69) is 16.8 Å². The van der Waals surface area contributed by atoms with Crippen LogP contribution in [0.1, 0.15) is 45.4 Å². The van der Waals surface area contributed by atoms with E-state index in [1.165, 1.54) is 12.8 Å². The van der Waals surface area contributed by atoms with Crippen molar-refractivity contribution in [3.05, 3.63) is 0 Å². The Labute approximate surface area is 102 Å². The van der Waals surface area contributed by atoms with E-state index in [0.717, 1.165) is 19.3 Å². The number of amides is 1. The van der Waals surface area contributed by atoms with Gasteiger partial charge in [0.05, 0.1) is 6.61 Å². The zero-order valence-electron chi connectivity index (χ0n) is 10.2. The molecule has 0 aromatic rings. The van der Waals surface area contributed by atoms with Gasteiger partial charge in [-0.15, -0.1) is 0 Å². The molecule has 1 amide bonds. The molecule has 0 fully saturated rings. The van der Waals surface area contributed by atoms with Gasteiger partial charge in [0.25, 0.3) is 0 Å². The van der Waals surface area contributed by atoms with Crippen molar-refractivity contribution >= 4 is 13.7 Å². The van der Waals surface area contributed by atoms with Crippen LogP contribution in [0.2, 0.25) is 0 Å². The van der Waals surface area contributed by atoms with E-state index in [4.69, 9.17) is 9.79 Å². The van der Waals surface area contributed by atoms with Crippen LogP contribution in [0, 0.1) is 0 Å². The molecule has 0 aliphatic carbocycles. The fourth-order valence-corrected chi connectivity index (χ4v) is 1.66. The van der Waals surface area contributed by atoms with Crippen LogP contribution in [-0.4, -0.2) is 28.8 Å². The van der Waals surface area contributed by atoms with Gasteiger partial charge in [-0.05, 0) is 6.42 Å². The number of nitrogens with one attached hydrogen (secondary N) is 1. The van der Waals surface area contributed by atoms with Crippen molar-refractivity contribution in [1.29, 1.82) is 0 Å². The van der Waals surface area contributed by atoms with E-state index in [1.807, 2.05) is 0 Å². The quantitative estimate of drug-likeness (QED) is 0.412. The Bertz CT molecular complexity index is 253. The third-order valence-electron chi connectivity index (χ3n) is 2.19. The zero-order valence-corrected chi connectivity index (χ0v) is 11.1. The summed E-state index contributed by atoms with van der Waals surface area (Å²) >= 11 is 0. The number of unbranched alkanes of at least 4 members (excludes halogenated alkanes) is 4. The Morgan fingerprint density at radius 3 is 2.47 bits per heavy atom. The number of hydrogen-bond donors (Lipinski definition) is 3. The summed E-state index contributed by atoms with van der Waals surface area (Å²) in [4.78, 5) is 28.0. The standard InChI is InChI=1S/C10H22NO5P/c1-2-3-4-5-6-7-10(12)11-8-9-16-17(13,14)15/h2-9H2,1H3,(H,11,12)(H2,13,14,15). The lowest BCUT2D eigenvalue weighted by Gasteiger charge is -2.06. The molecule has 0 rings (SSSR count). The molecule has 17 heavy (non-hydrogen) atoms. The Morgan fingerprint density at radius 1 is 1.24 bits per heavy atom. The molecule has 0 aromatic carbocycles. The van der Waals surface area contributed by atoms with Crippen molar-refractivity contribution in [3.63, 3.8) is 0 Å². The monoisotopic (exact) mass is 267 g/mol. The van der Waals surface area contributed by atoms with Gasteiger partial charge >= 0.3 is 7.82 Å². The summed E-state index contributed by atoms with van der Waals surface area (Å²) in [6, 6.07) is 0. The molecule has 0 heterocycles. The summed E-state index contributed by atoms with van der Waals surface area (Å²) in [5, 5.41) is 2.54. The van der Waals surface area contributed by atoms with Crippen molar-refractivity contribution in [2.45, 2.75) is 45.4 Å². The fourth-order valence-electron chi connectivity index (χ4n) is 1.33. The van der Waals surface area contributed by atoms with Crippen LogP contribution in [0.3, 0.4) is 0 Å². The van der Waals surface area contributed by atoms with Gasteiger partial charge in [0.1, 0.15) is 0 Å². The molecule has 0 aliphatic heterocycles. The van der Waals surface area contributed by atoms with Gasteiger partial charge in [0.2, 0.25) is 5.91 Å². The summed E-state index contributed by atoms with van der Waals surface area (Å²) in [6.07, 6.45) is 5.86. The van der Waals surface area contributed by atoms with Crippen LogP contribution in [-0.2, 0) is 13.9 Å². The van der Waals surface area contributed by atoms with Crippen LogP contribution < -0.4 is 5.32 Å². The highest BCUT2D eigenvalue weighted by atomic mass is 31.2. The zero-order chi connectivity index (χ0) is 13.1. The molecule has 0 spiro atoms. The summed E-state index contributed by atoms with van der Waals surface area (Å²) in [5.74, 6) is -0.101. The van der Waals surface area contributed by atoms with Crippen LogP contribution in [0.15, 0.2) is 0 Å². The first kappa shape index (κ1) is 16.6. The highest BCUT2D eigenvalue weighted by Crippen LogP contribution is 2.35. The summed E-state index contributed by atoms with van der Waals surface area (Å²) in [5.41, 5.74) is 0. The first-order chi connectivity index (χ1) is 7.95. The number of carbonyl (C=O) groups is 1. The van der Waals surface area contributed by atoms with Gasteiger partial charge < -0.3 is 15.1 Å². The summed E-state index contributed by atoms with van der Waals surface area (Å²) in [6.45, 7) is 2.08. The first-order valence-corrected chi connectivity index (χ1v) is 7.45. The average Bonchev–Trinajstić information content (AvgIpc) is 2.23. The molecule has 0 atom stereocenters. The second kappa shape index (κ2) is 9.59. The van der Waals surface area contributed by atoms with Gasteiger partial charge in [0, 0.05) is 13.0 Å². The summed E-state index contributed by atoms with van der Waals surface area (Å²) < 4.78 is 14.5. The van der Waals surface area contributed by atoms with E-state index in [-0.39, 0.29) is 19.1 Å². The highest BCUT2D eigenvalue weighted by Gasteiger charge is 2.12. The molecule has 0 aromatic heterocycles. The lowest BCUT2D eigenvalue weighted by Crippen LogP contribution is -2.26. The number of hydrogen-bond acceptors (Lipinski definition) is 3. The molecular weight excluding hydrogens is 245 g/mol. The number of carbonyl (C=O) groups excluding carboxylic acids is 1. The minimum absolute atomic E-state index is 0.101. The molecular formula is C10H22NO5P. The van der Waals surface area contributed by atoms with Crippen molar-refractivity contribution in [2.75, 3.05) is 13.2 Å². The van der Waals surface area contributed by atoms with Gasteiger partial charge in [-0.1, -0.05) is 32.6 Å². The van der Waals surface area contributed by atoms with E-state index >= 15 is 0 Å². The smallest absolute Gasteiger partial charge is 0.354 e. The molecule has 0 aliphatic rings. The second-order valence-electron chi connectivity index (χ2n) is 3.84. The molecule has 0 radical (unpaired) electrons. The molecule has 6 nitrogen and oxygen atoms in total. The van der Waals surface area contributed by atoms with Crippen LogP contribution in [0.4, 0.5) is 0 Å². The largest absolute Gasteiger partial charge is 0.469 e. The highest BCUT2D eigenvalue weighted by molar-refractivity contribution is 7.46. The van der Waals surface area contributed by atoms with Crippen molar-refractivity contribution in [2.24, 2.45) is 0 Å². The molecule has 102 valence electrons. The number of rotatable bonds is 10. The normalized spacial score (nSPS) is 11.5. The van der Waals surface area contributed by atoms with Crippen molar-refractivity contribution in [1.82, 2.24) is 5.32 Å². The predicted octanol–water partition coefficient (Wildman–Crippen LogP) is 1.57. The fraction of sp³-hybridized carbons (Fsp3) is 0.900. The minimum Gasteiger partial charge on any atom is -0.354 e. The third kappa shape index (κ3) is 13.5. The number of phosphoric acid groups is 1. The van der Waals surface area contributed by atoms with Gasteiger partial charge in [0.15, 0.2) is 0 Å². The molecule has 7 heteroatoms. The van der Waals surface area contributed by atoms with Crippen LogP contribution in [0.5, 0.6) is 0 Å². The Morgan fingerprint density at radius 2 is 1.88 bits per heavy atom. The summed E-state index contributed by atoms with van der Waals surface area (Å²) in [7, 11) is -4.41. The van der Waals surface area contributed by atoms with E-state index in [1.54, 1.807) is 0 Å². The molecule has 0 unspecified atom stereocenters. The lowest BCUT2D eigenvalue weighted by molar-refractivity contribution is -0.121. The average molecular weight is 267 g/mol. The van der Waals surface area contributed by atoms with Crippen LogP contribution in [0.25, 0.3) is 0 Å². The maximum Gasteiger partial charge on any atom is 0.469 e. The van der Waals surface area contributed by atoms with E-state index in [0.29, 0.717) is 6.42 Å². The van der Waals surface area contributed by atoms with Crippen molar-refractivity contribution < 1.29 is 23.7 Å². The van der Waals surface area contributed by atoms with Gasteiger partial charge in [-0.25, -0.2) is 4.57 Å². The predicted molar refractivity (Wildman–Crippen MR) is 64.4 cm³/mol. The topological polar surface area (TPSA) is 95.9 Å². The van der Waals surface area contributed by atoms with Crippen LogP contribution >= 0.6 is 7.82 Å².